The molecule has 0 saturated heterocycles. The van der Waals surface area contributed by atoms with Crippen LogP contribution in [0.4, 0.5) is 0 Å². The van der Waals surface area contributed by atoms with E-state index >= 15 is 0 Å². The first-order valence-electron chi connectivity index (χ1n) is 6.89. The Balaban J connectivity index is 2.08. The quantitative estimate of drug-likeness (QED) is 0.803. The molecule has 2 heterocycles. The second-order valence-electron chi connectivity index (χ2n) is 4.79. The average molecular weight is 268 g/mol. The van der Waals surface area contributed by atoms with Gasteiger partial charge < -0.3 is 4.74 Å². The van der Waals surface area contributed by atoms with Crippen molar-refractivity contribution in [2.75, 3.05) is 6.61 Å². The van der Waals surface area contributed by atoms with Gasteiger partial charge in [-0.15, -0.1) is 0 Å². The zero-order chi connectivity index (χ0) is 13.9. The van der Waals surface area contributed by atoms with Gasteiger partial charge in [-0.3, -0.25) is 9.97 Å². The summed E-state index contributed by atoms with van der Waals surface area (Å²) >= 11 is 0. The fraction of sp³-hybridized carbons (Fsp3) is 0.312. The molecule has 0 saturated carbocycles. The Labute approximate surface area is 117 Å². The van der Waals surface area contributed by atoms with Crippen LogP contribution in [0, 0.1) is 0 Å². The summed E-state index contributed by atoms with van der Waals surface area (Å²) in [5.41, 5.74) is 4.83. The predicted molar refractivity (Wildman–Crippen MR) is 75.4 cm³/mol. The highest BCUT2D eigenvalue weighted by molar-refractivity contribution is 5.92. The monoisotopic (exact) mass is 268 g/mol. The standard InChI is InChI=1S/C16H16N2O2/c1-2-20-16(19)14-10-18-15(11-5-4-8-17-9-11)13-7-3-6-12(13)14/h4-5,8-10H,2-3,6-7H2,1H3. The Morgan fingerprint density at radius 1 is 1.30 bits per heavy atom. The normalized spacial score (nSPS) is 13.1. The molecule has 0 fully saturated rings. The van der Waals surface area contributed by atoms with Crippen LogP contribution in [0.25, 0.3) is 11.3 Å². The summed E-state index contributed by atoms with van der Waals surface area (Å²) in [5, 5.41) is 0. The van der Waals surface area contributed by atoms with Crippen molar-refractivity contribution in [2.24, 2.45) is 0 Å². The lowest BCUT2D eigenvalue weighted by molar-refractivity contribution is 0.0524. The van der Waals surface area contributed by atoms with Crippen LogP contribution in [-0.2, 0) is 17.6 Å². The number of carbonyl (C=O) groups is 1. The summed E-state index contributed by atoms with van der Waals surface area (Å²) in [7, 11) is 0. The van der Waals surface area contributed by atoms with Gasteiger partial charge in [0.15, 0.2) is 0 Å². The van der Waals surface area contributed by atoms with Crippen molar-refractivity contribution < 1.29 is 9.53 Å². The van der Waals surface area contributed by atoms with E-state index in [1.54, 1.807) is 12.4 Å². The number of hydrogen-bond donors (Lipinski definition) is 0. The van der Waals surface area contributed by atoms with Crippen LogP contribution in [0.3, 0.4) is 0 Å². The van der Waals surface area contributed by atoms with E-state index in [0.29, 0.717) is 12.2 Å². The number of nitrogens with zero attached hydrogens (tertiary/aromatic N) is 2. The van der Waals surface area contributed by atoms with E-state index in [2.05, 4.69) is 9.97 Å². The van der Waals surface area contributed by atoms with Crippen LogP contribution >= 0.6 is 0 Å². The van der Waals surface area contributed by atoms with Gasteiger partial charge in [0.2, 0.25) is 0 Å². The molecule has 0 bridgehead atoms. The molecule has 4 heteroatoms. The third-order valence-electron chi connectivity index (χ3n) is 3.58. The van der Waals surface area contributed by atoms with Gasteiger partial charge >= 0.3 is 5.97 Å². The molecule has 3 rings (SSSR count). The van der Waals surface area contributed by atoms with Crippen LogP contribution in [0.1, 0.15) is 34.8 Å². The van der Waals surface area contributed by atoms with Crippen molar-refractivity contribution in [3.63, 3.8) is 0 Å². The molecule has 0 N–H and O–H groups in total. The van der Waals surface area contributed by atoms with Gasteiger partial charge in [-0.05, 0) is 49.4 Å². The maximum Gasteiger partial charge on any atom is 0.339 e. The summed E-state index contributed by atoms with van der Waals surface area (Å²) in [6.45, 7) is 2.20. The summed E-state index contributed by atoms with van der Waals surface area (Å²) in [5.74, 6) is -0.268. The minimum absolute atomic E-state index is 0.268. The third-order valence-corrected chi connectivity index (χ3v) is 3.58. The number of carbonyl (C=O) groups excluding carboxylic acids is 1. The number of aromatic nitrogens is 2. The second-order valence-corrected chi connectivity index (χ2v) is 4.79. The summed E-state index contributed by atoms with van der Waals surface area (Å²) in [6.07, 6.45) is 8.13. The first-order chi connectivity index (χ1) is 9.81. The van der Waals surface area contributed by atoms with Gasteiger partial charge in [-0.1, -0.05) is 0 Å². The molecular weight excluding hydrogens is 252 g/mol. The largest absolute Gasteiger partial charge is 0.462 e. The Bertz CT molecular complexity index is 638. The number of fused-ring (bicyclic) bond motifs is 1. The minimum atomic E-state index is -0.268. The second kappa shape index (κ2) is 5.41. The molecule has 0 spiro atoms. The van der Waals surface area contributed by atoms with E-state index < -0.39 is 0 Å². The Morgan fingerprint density at radius 2 is 2.15 bits per heavy atom. The van der Waals surface area contributed by atoms with Crippen molar-refractivity contribution in [2.45, 2.75) is 26.2 Å². The molecule has 0 atom stereocenters. The van der Waals surface area contributed by atoms with Gasteiger partial charge in [0.05, 0.1) is 17.9 Å². The number of rotatable bonds is 3. The molecule has 0 aromatic carbocycles. The van der Waals surface area contributed by atoms with Crippen LogP contribution in [0.2, 0.25) is 0 Å². The first-order valence-corrected chi connectivity index (χ1v) is 6.89. The highest BCUT2D eigenvalue weighted by atomic mass is 16.5. The molecule has 0 amide bonds. The summed E-state index contributed by atoms with van der Waals surface area (Å²) in [4.78, 5) is 20.6. The lowest BCUT2D eigenvalue weighted by Gasteiger charge is -2.11. The highest BCUT2D eigenvalue weighted by Crippen LogP contribution is 2.32. The average Bonchev–Trinajstić information content (AvgIpc) is 2.96. The van der Waals surface area contributed by atoms with Gasteiger partial charge in [-0.25, -0.2) is 4.79 Å². The molecule has 0 aliphatic heterocycles. The molecule has 0 radical (unpaired) electrons. The van der Waals surface area contributed by atoms with E-state index in [1.807, 2.05) is 25.3 Å². The fourth-order valence-corrected chi connectivity index (χ4v) is 2.72. The lowest BCUT2D eigenvalue weighted by atomic mass is 10.0. The van der Waals surface area contributed by atoms with E-state index in [-0.39, 0.29) is 5.97 Å². The van der Waals surface area contributed by atoms with Crippen molar-refractivity contribution in [3.8, 4) is 11.3 Å². The topological polar surface area (TPSA) is 52.1 Å². The van der Waals surface area contributed by atoms with E-state index in [9.17, 15) is 4.79 Å². The zero-order valence-electron chi connectivity index (χ0n) is 11.4. The molecule has 2 aromatic rings. The number of hydrogen-bond acceptors (Lipinski definition) is 4. The highest BCUT2D eigenvalue weighted by Gasteiger charge is 2.24. The van der Waals surface area contributed by atoms with E-state index in [1.165, 1.54) is 5.56 Å². The fourth-order valence-electron chi connectivity index (χ4n) is 2.72. The molecule has 1 aliphatic rings. The lowest BCUT2D eigenvalue weighted by Crippen LogP contribution is -2.09. The molecular formula is C16H16N2O2. The minimum Gasteiger partial charge on any atom is -0.462 e. The molecule has 4 nitrogen and oxygen atoms in total. The van der Waals surface area contributed by atoms with Crippen LogP contribution < -0.4 is 0 Å². The SMILES string of the molecule is CCOC(=O)c1cnc(-c2cccnc2)c2c1CCC2. The van der Waals surface area contributed by atoms with Gasteiger partial charge in [-0.2, -0.15) is 0 Å². The number of pyridine rings is 2. The Kier molecular flexibility index (Phi) is 3.46. The molecule has 2 aromatic heterocycles. The molecule has 102 valence electrons. The summed E-state index contributed by atoms with van der Waals surface area (Å²) in [6, 6.07) is 3.90. The van der Waals surface area contributed by atoms with Gasteiger partial charge in [0, 0.05) is 24.2 Å². The summed E-state index contributed by atoms with van der Waals surface area (Å²) < 4.78 is 5.11. The number of esters is 1. The zero-order valence-corrected chi connectivity index (χ0v) is 11.4. The van der Waals surface area contributed by atoms with Crippen molar-refractivity contribution in [3.05, 3.63) is 47.4 Å². The van der Waals surface area contributed by atoms with E-state index in [4.69, 9.17) is 4.74 Å². The third kappa shape index (κ3) is 2.18. The Morgan fingerprint density at radius 3 is 2.90 bits per heavy atom. The van der Waals surface area contributed by atoms with Crippen molar-refractivity contribution in [1.82, 2.24) is 9.97 Å². The van der Waals surface area contributed by atoms with Crippen LogP contribution in [0.5, 0.6) is 0 Å². The van der Waals surface area contributed by atoms with E-state index in [0.717, 1.165) is 36.1 Å². The molecule has 1 aliphatic carbocycles. The van der Waals surface area contributed by atoms with Crippen LogP contribution in [0.15, 0.2) is 30.7 Å². The predicted octanol–water partition coefficient (Wildman–Crippen LogP) is 2.81. The van der Waals surface area contributed by atoms with Gasteiger partial charge in [0.1, 0.15) is 0 Å². The number of ether oxygens (including phenoxy) is 1. The molecule has 20 heavy (non-hydrogen) atoms. The van der Waals surface area contributed by atoms with Gasteiger partial charge in [0.25, 0.3) is 0 Å². The maximum absolute atomic E-state index is 12.0. The smallest absolute Gasteiger partial charge is 0.339 e. The van der Waals surface area contributed by atoms with Crippen molar-refractivity contribution >= 4 is 5.97 Å². The molecule has 0 unspecified atom stereocenters. The maximum atomic E-state index is 12.0. The van der Waals surface area contributed by atoms with Crippen LogP contribution in [-0.4, -0.2) is 22.5 Å². The van der Waals surface area contributed by atoms with Crippen molar-refractivity contribution in [1.29, 1.82) is 0 Å². The Hall–Kier alpha value is -2.23. The first kappa shape index (κ1) is 12.8.